The van der Waals surface area contributed by atoms with Crippen LogP contribution in [-0.2, 0) is 9.59 Å². The first-order chi connectivity index (χ1) is 18.5. The summed E-state index contributed by atoms with van der Waals surface area (Å²) >= 11 is 1.28. The van der Waals surface area contributed by atoms with Gasteiger partial charge in [-0.1, -0.05) is 42.9 Å². The fraction of sp³-hybridized carbons (Fsp3) is 0.241. The first-order valence-corrected chi connectivity index (χ1v) is 13.3. The summed E-state index contributed by atoms with van der Waals surface area (Å²) in [5, 5.41) is 11.8. The molecular weight excluding hydrogens is 502 g/mol. The minimum absolute atomic E-state index is 0.0250. The van der Waals surface area contributed by atoms with Crippen LogP contribution in [0.1, 0.15) is 43.9 Å². The number of carbonyl (C=O) groups is 2. The molecule has 0 bridgehead atoms. The Morgan fingerprint density at radius 1 is 1.05 bits per heavy atom. The van der Waals surface area contributed by atoms with Gasteiger partial charge in [0.05, 0.1) is 35.0 Å². The van der Waals surface area contributed by atoms with Crippen molar-refractivity contribution in [3.63, 3.8) is 0 Å². The van der Waals surface area contributed by atoms with Gasteiger partial charge in [0.15, 0.2) is 5.13 Å². The van der Waals surface area contributed by atoms with E-state index >= 15 is 0 Å². The van der Waals surface area contributed by atoms with Gasteiger partial charge in [0.2, 0.25) is 0 Å². The molecule has 1 fully saturated rings. The molecule has 3 heterocycles. The molecule has 1 saturated heterocycles. The number of fused-ring (bicyclic) bond motifs is 1. The molecule has 4 aromatic rings. The first kappa shape index (κ1) is 25.4. The van der Waals surface area contributed by atoms with E-state index in [0.29, 0.717) is 46.5 Å². The van der Waals surface area contributed by atoms with Crippen LogP contribution in [0.4, 0.5) is 5.13 Å². The quantitative estimate of drug-likeness (QED) is 0.125. The molecular formula is C29H27N3O5S. The Hall–Kier alpha value is -4.24. The number of aliphatic hydroxyl groups excluding tert-OH is 1. The fourth-order valence-corrected chi connectivity index (χ4v) is 5.38. The van der Waals surface area contributed by atoms with Gasteiger partial charge in [-0.05, 0) is 55.3 Å². The van der Waals surface area contributed by atoms with Crippen molar-refractivity contribution in [2.75, 3.05) is 18.1 Å². The van der Waals surface area contributed by atoms with Gasteiger partial charge in [-0.3, -0.25) is 19.5 Å². The van der Waals surface area contributed by atoms with Gasteiger partial charge in [0.1, 0.15) is 17.3 Å². The second-order valence-electron chi connectivity index (χ2n) is 8.74. The van der Waals surface area contributed by atoms with E-state index in [9.17, 15) is 14.7 Å². The lowest BCUT2D eigenvalue weighted by atomic mass is 9.96. The lowest BCUT2D eigenvalue weighted by molar-refractivity contribution is -0.132. The van der Waals surface area contributed by atoms with Crippen LogP contribution in [0.15, 0.2) is 72.6 Å². The molecule has 9 heteroatoms. The molecule has 2 aromatic heterocycles. The van der Waals surface area contributed by atoms with Gasteiger partial charge in [0.25, 0.3) is 5.78 Å². The van der Waals surface area contributed by atoms with E-state index in [2.05, 4.69) is 16.9 Å². The highest BCUT2D eigenvalue weighted by Crippen LogP contribution is 2.44. The number of ketones is 1. The Kier molecular flexibility index (Phi) is 7.37. The number of Topliss-reactive ketones (excluding diaryl/α,β-unsaturated/α-hetero) is 1. The zero-order valence-corrected chi connectivity index (χ0v) is 21.9. The lowest BCUT2D eigenvalue weighted by Gasteiger charge is -2.22. The SMILES string of the molecule is CCCCOc1cccc(/C(O)=C2\C(=O)C(=O)N(c3nc4ccc(OCC)cc4s3)C2c2cccnc2)c1. The first-order valence-electron chi connectivity index (χ1n) is 12.5. The van der Waals surface area contributed by atoms with E-state index in [1.54, 1.807) is 48.8 Å². The molecule has 2 aromatic carbocycles. The van der Waals surface area contributed by atoms with Gasteiger partial charge < -0.3 is 14.6 Å². The van der Waals surface area contributed by atoms with Gasteiger partial charge in [-0.25, -0.2) is 4.98 Å². The normalized spacial score (nSPS) is 16.8. The maximum atomic E-state index is 13.5. The maximum Gasteiger partial charge on any atom is 0.301 e. The van der Waals surface area contributed by atoms with Crippen molar-refractivity contribution in [1.82, 2.24) is 9.97 Å². The number of hydrogen-bond donors (Lipinski definition) is 1. The van der Waals surface area contributed by atoms with Crippen molar-refractivity contribution >= 4 is 44.1 Å². The van der Waals surface area contributed by atoms with Crippen LogP contribution in [0, 0.1) is 0 Å². The van der Waals surface area contributed by atoms with Gasteiger partial charge >= 0.3 is 5.91 Å². The van der Waals surface area contributed by atoms with Crippen LogP contribution in [-0.4, -0.2) is 40.0 Å². The number of amides is 1. The Balaban J connectivity index is 1.61. The molecule has 8 nitrogen and oxygen atoms in total. The summed E-state index contributed by atoms with van der Waals surface area (Å²) in [6.45, 7) is 5.05. The number of nitrogens with zero attached hydrogens (tertiary/aromatic N) is 3. The maximum absolute atomic E-state index is 13.5. The van der Waals surface area contributed by atoms with Crippen molar-refractivity contribution in [2.24, 2.45) is 0 Å². The Labute approximate surface area is 224 Å². The molecule has 0 radical (unpaired) electrons. The van der Waals surface area contributed by atoms with E-state index in [4.69, 9.17) is 9.47 Å². The Morgan fingerprint density at radius 3 is 2.66 bits per heavy atom. The van der Waals surface area contributed by atoms with Crippen LogP contribution in [0.3, 0.4) is 0 Å². The third-order valence-electron chi connectivity index (χ3n) is 6.18. The summed E-state index contributed by atoms with van der Waals surface area (Å²) in [5.74, 6) is -0.559. The fourth-order valence-electron chi connectivity index (χ4n) is 4.36. The third-order valence-corrected chi connectivity index (χ3v) is 7.20. The van der Waals surface area contributed by atoms with Crippen molar-refractivity contribution in [3.05, 3.63) is 83.7 Å². The van der Waals surface area contributed by atoms with Crippen LogP contribution >= 0.6 is 11.3 Å². The van der Waals surface area contributed by atoms with E-state index in [1.807, 2.05) is 25.1 Å². The second kappa shape index (κ2) is 11.0. The average Bonchev–Trinajstić information content (AvgIpc) is 3.47. The van der Waals surface area contributed by atoms with Gasteiger partial charge in [-0.15, -0.1) is 0 Å². The second-order valence-corrected chi connectivity index (χ2v) is 9.75. The minimum atomic E-state index is -0.903. The van der Waals surface area contributed by atoms with Crippen molar-refractivity contribution in [2.45, 2.75) is 32.7 Å². The summed E-state index contributed by atoms with van der Waals surface area (Å²) in [6.07, 6.45) is 5.09. The summed E-state index contributed by atoms with van der Waals surface area (Å²) < 4.78 is 12.2. The van der Waals surface area contributed by atoms with E-state index in [1.165, 1.54) is 16.2 Å². The van der Waals surface area contributed by atoms with E-state index < -0.39 is 17.7 Å². The molecule has 5 rings (SSSR count). The van der Waals surface area contributed by atoms with Crippen LogP contribution < -0.4 is 14.4 Å². The van der Waals surface area contributed by atoms with E-state index in [0.717, 1.165) is 17.5 Å². The highest BCUT2D eigenvalue weighted by molar-refractivity contribution is 7.22. The smallest absolute Gasteiger partial charge is 0.301 e. The van der Waals surface area contributed by atoms with Gasteiger partial charge in [0, 0.05) is 18.0 Å². The number of pyridine rings is 1. The Bertz CT molecular complexity index is 1520. The molecule has 194 valence electrons. The molecule has 1 aliphatic rings. The van der Waals surface area contributed by atoms with Crippen LogP contribution in [0.2, 0.25) is 0 Å². The number of carbonyl (C=O) groups excluding carboxylic acids is 2. The molecule has 0 aliphatic carbocycles. The molecule has 38 heavy (non-hydrogen) atoms. The van der Waals surface area contributed by atoms with Crippen LogP contribution in [0.5, 0.6) is 11.5 Å². The third kappa shape index (κ3) is 4.84. The minimum Gasteiger partial charge on any atom is -0.507 e. The van der Waals surface area contributed by atoms with Crippen LogP contribution in [0.25, 0.3) is 16.0 Å². The predicted octanol–water partition coefficient (Wildman–Crippen LogP) is 5.90. The number of rotatable bonds is 9. The molecule has 1 atom stereocenters. The van der Waals surface area contributed by atoms with E-state index in [-0.39, 0.29) is 11.3 Å². The number of hydrogen-bond acceptors (Lipinski definition) is 8. The molecule has 1 aliphatic heterocycles. The monoisotopic (exact) mass is 529 g/mol. The summed E-state index contributed by atoms with van der Waals surface area (Å²) in [4.78, 5) is 37.1. The number of benzene rings is 2. The number of thiazole rings is 1. The number of aromatic nitrogens is 2. The molecule has 1 unspecified atom stereocenters. The van der Waals surface area contributed by atoms with Crippen molar-refractivity contribution in [1.29, 1.82) is 0 Å². The average molecular weight is 530 g/mol. The van der Waals surface area contributed by atoms with Crippen molar-refractivity contribution < 1.29 is 24.2 Å². The van der Waals surface area contributed by atoms with Gasteiger partial charge in [-0.2, -0.15) is 0 Å². The number of aliphatic hydroxyl groups is 1. The molecule has 0 spiro atoms. The summed E-state index contributed by atoms with van der Waals surface area (Å²) in [6, 6.07) is 15.0. The number of anilines is 1. The highest BCUT2D eigenvalue weighted by atomic mass is 32.1. The summed E-state index contributed by atoms with van der Waals surface area (Å²) in [7, 11) is 0. The Morgan fingerprint density at radius 2 is 1.89 bits per heavy atom. The van der Waals surface area contributed by atoms with Crippen molar-refractivity contribution in [3.8, 4) is 11.5 Å². The molecule has 1 N–H and O–H groups in total. The predicted molar refractivity (Wildman–Crippen MR) is 147 cm³/mol. The molecule has 0 saturated carbocycles. The topological polar surface area (TPSA) is 102 Å². The highest BCUT2D eigenvalue weighted by Gasteiger charge is 2.48. The number of ether oxygens (including phenoxy) is 2. The standard InChI is InChI=1S/C29H27N3O5S/c1-3-5-14-37-20-10-6-8-18(15-20)26(33)24-25(19-9-7-13-30-17-19)32(28(35)27(24)34)29-31-22-12-11-21(36-4-2)16-23(22)38-29/h6-13,15-17,25,33H,3-5,14H2,1-2H3/b26-24+. The largest absolute Gasteiger partial charge is 0.507 e. The molecule has 1 amide bonds. The zero-order valence-electron chi connectivity index (χ0n) is 21.1. The lowest BCUT2D eigenvalue weighted by Crippen LogP contribution is -2.29. The zero-order chi connectivity index (χ0) is 26.6. The number of unbranched alkanes of at least 4 members (excludes halogenated alkanes) is 1. The summed E-state index contributed by atoms with van der Waals surface area (Å²) in [5.41, 5.74) is 1.62.